The summed E-state index contributed by atoms with van der Waals surface area (Å²) in [6.07, 6.45) is 5.67. The quantitative estimate of drug-likeness (QED) is 0.273. The number of hydrogen-bond acceptors (Lipinski definition) is 5. The van der Waals surface area contributed by atoms with Crippen molar-refractivity contribution >= 4 is 5.96 Å². The molecule has 27 heavy (non-hydrogen) atoms. The largest absolute Gasteiger partial charge is 0.497 e. The van der Waals surface area contributed by atoms with E-state index in [0.717, 1.165) is 56.0 Å². The van der Waals surface area contributed by atoms with Crippen molar-refractivity contribution in [2.75, 3.05) is 26.7 Å². The molecule has 0 bridgehead atoms. The Balaban J connectivity index is 1.71. The van der Waals surface area contributed by atoms with E-state index in [0.29, 0.717) is 18.3 Å². The van der Waals surface area contributed by atoms with Crippen LogP contribution in [0.4, 0.5) is 0 Å². The molecule has 0 aliphatic heterocycles. The molecule has 2 aromatic rings. The molecular weight excluding hydrogens is 342 g/mol. The monoisotopic (exact) mass is 371 g/mol. The summed E-state index contributed by atoms with van der Waals surface area (Å²) in [6, 6.07) is 7.62. The van der Waals surface area contributed by atoms with E-state index in [1.54, 1.807) is 7.11 Å². The fraction of sp³-hybridized carbons (Fsp3) is 0.450. The number of hydrogen-bond donors (Lipinski definition) is 2. The Labute approximate surface area is 160 Å². The second kappa shape index (κ2) is 11.7. The SMILES string of the molecule is C=CCNC(=NCCCCCc1nc(-c2ccc(OC)cc2)no1)NCC. The number of methoxy groups -OCH3 is 1. The highest BCUT2D eigenvalue weighted by Gasteiger charge is 2.08. The highest BCUT2D eigenvalue weighted by molar-refractivity contribution is 5.79. The maximum absolute atomic E-state index is 5.35. The smallest absolute Gasteiger partial charge is 0.226 e. The molecule has 0 spiro atoms. The third-order valence-corrected chi connectivity index (χ3v) is 3.89. The topological polar surface area (TPSA) is 84.6 Å². The highest BCUT2D eigenvalue weighted by Crippen LogP contribution is 2.20. The van der Waals surface area contributed by atoms with Crippen molar-refractivity contribution in [3.05, 3.63) is 42.8 Å². The van der Waals surface area contributed by atoms with Crippen LogP contribution in [0.15, 0.2) is 46.4 Å². The molecule has 7 nitrogen and oxygen atoms in total. The van der Waals surface area contributed by atoms with Gasteiger partial charge in [-0.25, -0.2) is 0 Å². The lowest BCUT2D eigenvalue weighted by atomic mass is 10.2. The first kappa shape index (κ1) is 20.5. The summed E-state index contributed by atoms with van der Waals surface area (Å²) in [7, 11) is 1.64. The van der Waals surface area contributed by atoms with Crippen LogP contribution in [0.2, 0.25) is 0 Å². The molecule has 0 saturated carbocycles. The molecule has 0 atom stereocenters. The minimum atomic E-state index is 0.612. The average molecular weight is 371 g/mol. The van der Waals surface area contributed by atoms with Gasteiger partial charge in [0.25, 0.3) is 0 Å². The van der Waals surface area contributed by atoms with Gasteiger partial charge in [0.15, 0.2) is 5.96 Å². The zero-order chi connectivity index (χ0) is 19.3. The number of guanidine groups is 1. The minimum Gasteiger partial charge on any atom is -0.497 e. The summed E-state index contributed by atoms with van der Waals surface area (Å²) >= 11 is 0. The van der Waals surface area contributed by atoms with E-state index < -0.39 is 0 Å². The minimum absolute atomic E-state index is 0.612. The molecule has 1 aromatic heterocycles. The molecule has 0 unspecified atom stereocenters. The van der Waals surface area contributed by atoms with Crippen LogP contribution in [-0.2, 0) is 6.42 Å². The second-order valence-corrected chi connectivity index (χ2v) is 5.98. The summed E-state index contributed by atoms with van der Waals surface area (Å²) in [5.41, 5.74) is 0.920. The van der Waals surface area contributed by atoms with Gasteiger partial charge in [-0.2, -0.15) is 4.98 Å². The number of benzene rings is 1. The van der Waals surface area contributed by atoms with Crippen molar-refractivity contribution < 1.29 is 9.26 Å². The first-order valence-electron chi connectivity index (χ1n) is 9.37. The molecule has 0 aliphatic rings. The molecule has 0 amide bonds. The molecule has 7 heteroatoms. The van der Waals surface area contributed by atoms with Gasteiger partial charge < -0.3 is 19.9 Å². The van der Waals surface area contributed by atoms with Gasteiger partial charge in [0.1, 0.15) is 5.75 Å². The van der Waals surface area contributed by atoms with Gasteiger partial charge in [-0.15, -0.1) is 6.58 Å². The molecule has 0 aliphatic carbocycles. The van der Waals surface area contributed by atoms with Crippen LogP contribution >= 0.6 is 0 Å². The summed E-state index contributed by atoms with van der Waals surface area (Å²) in [6.45, 7) is 8.09. The molecule has 1 aromatic carbocycles. The Hall–Kier alpha value is -2.83. The summed E-state index contributed by atoms with van der Waals surface area (Å²) in [5, 5.41) is 10.5. The Morgan fingerprint density at radius 1 is 1.22 bits per heavy atom. The van der Waals surface area contributed by atoms with Gasteiger partial charge in [-0.3, -0.25) is 4.99 Å². The highest BCUT2D eigenvalue weighted by atomic mass is 16.5. The van der Waals surface area contributed by atoms with Crippen molar-refractivity contribution in [3.63, 3.8) is 0 Å². The first-order chi connectivity index (χ1) is 13.3. The Kier molecular flexibility index (Phi) is 8.89. The van der Waals surface area contributed by atoms with Crippen LogP contribution in [0.3, 0.4) is 0 Å². The summed E-state index contributed by atoms with van der Waals surface area (Å²) < 4.78 is 10.5. The predicted molar refractivity (Wildman–Crippen MR) is 108 cm³/mol. The lowest BCUT2D eigenvalue weighted by Crippen LogP contribution is -2.37. The fourth-order valence-corrected chi connectivity index (χ4v) is 2.48. The zero-order valence-electron chi connectivity index (χ0n) is 16.2. The van der Waals surface area contributed by atoms with E-state index in [4.69, 9.17) is 9.26 Å². The van der Waals surface area contributed by atoms with E-state index >= 15 is 0 Å². The first-order valence-corrected chi connectivity index (χ1v) is 9.37. The number of aryl methyl sites for hydroxylation is 1. The molecule has 0 fully saturated rings. The van der Waals surface area contributed by atoms with Crippen LogP contribution in [0.1, 0.15) is 32.1 Å². The maximum Gasteiger partial charge on any atom is 0.226 e. The number of nitrogens with zero attached hydrogens (tertiary/aromatic N) is 3. The molecule has 1 heterocycles. The number of aliphatic imine (C=N–C) groups is 1. The second-order valence-electron chi connectivity index (χ2n) is 5.98. The normalized spacial score (nSPS) is 11.3. The molecule has 2 N–H and O–H groups in total. The molecule has 2 rings (SSSR count). The van der Waals surface area contributed by atoms with Crippen molar-refractivity contribution in [2.45, 2.75) is 32.6 Å². The van der Waals surface area contributed by atoms with Crippen LogP contribution in [-0.4, -0.2) is 42.8 Å². The predicted octanol–water partition coefficient (Wildman–Crippen LogP) is 3.20. The number of nitrogens with one attached hydrogen (secondary N) is 2. The third-order valence-electron chi connectivity index (χ3n) is 3.89. The van der Waals surface area contributed by atoms with Crippen LogP contribution in [0.25, 0.3) is 11.4 Å². The standard InChI is InChI=1S/C20H29N5O2/c1-4-14-22-20(21-5-2)23-15-8-6-7-9-18-24-19(25-27-18)16-10-12-17(26-3)13-11-16/h4,10-13H,1,5-9,14-15H2,2-3H3,(H2,21,22,23). The van der Waals surface area contributed by atoms with E-state index in [2.05, 4.69) is 39.3 Å². The van der Waals surface area contributed by atoms with Gasteiger partial charge in [0, 0.05) is 31.6 Å². The van der Waals surface area contributed by atoms with Gasteiger partial charge >= 0.3 is 0 Å². The lowest BCUT2D eigenvalue weighted by Gasteiger charge is -2.09. The average Bonchev–Trinajstić information content (AvgIpc) is 3.17. The number of aromatic nitrogens is 2. The van der Waals surface area contributed by atoms with E-state index in [1.165, 1.54) is 0 Å². The zero-order valence-corrected chi connectivity index (χ0v) is 16.2. The van der Waals surface area contributed by atoms with E-state index in [1.807, 2.05) is 30.3 Å². The lowest BCUT2D eigenvalue weighted by molar-refractivity contribution is 0.374. The van der Waals surface area contributed by atoms with E-state index in [9.17, 15) is 0 Å². The van der Waals surface area contributed by atoms with Crippen molar-refractivity contribution in [1.29, 1.82) is 0 Å². The van der Waals surface area contributed by atoms with Gasteiger partial charge in [0.05, 0.1) is 7.11 Å². The third kappa shape index (κ3) is 7.13. The number of rotatable bonds is 11. The van der Waals surface area contributed by atoms with Crippen LogP contribution in [0, 0.1) is 0 Å². The number of unbranched alkanes of at least 4 members (excludes halogenated alkanes) is 2. The van der Waals surface area contributed by atoms with Gasteiger partial charge in [-0.1, -0.05) is 17.7 Å². The number of ether oxygens (including phenoxy) is 1. The maximum atomic E-state index is 5.35. The molecule has 0 radical (unpaired) electrons. The van der Waals surface area contributed by atoms with Crippen molar-refractivity contribution in [2.24, 2.45) is 4.99 Å². The Bertz CT molecular complexity index is 709. The summed E-state index contributed by atoms with van der Waals surface area (Å²) in [4.78, 5) is 9.00. The Morgan fingerprint density at radius 2 is 2.04 bits per heavy atom. The summed E-state index contributed by atoms with van der Waals surface area (Å²) in [5.74, 6) is 2.92. The van der Waals surface area contributed by atoms with Crippen molar-refractivity contribution in [3.8, 4) is 17.1 Å². The fourth-order valence-electron chi connectivity index (χ4n) is 2.48. The Morgan fingerprint density at radius 3 is 2.74 bits per heavy atom. The van der Waals surface area contributed by atoms with Gasteiger partial charge in [-0.05, 0) is 44.0 Å². The molecule has 146 valence electrons. The van der Waals surface area contributed by atoms with Crippen LogP contribution in [0.5, 0.6) is 5.75 Å². The van der Waals surface area contributed by atoms with Gasteiger partial charge in [0.2, 0.25) is 11.7 Å². The van der Waals surface area contributed by atoms with Crippen molar-refractivity contribution in [1.82, 2.24) is 20.8 Å². The molecule has 0 saturated heterocycles. The molecular formula is C20H29N5O2. The van der Waals surface area contributed by atoms with E-state index in [-0.39, 0.29) is 0 Å². The van der Waals surface area contributed by atoms with Crippen LogP contribution < -0.4 is 15.4 Å².